The molecule has 4 N–H and O–H groups in total. The molecule has 3 unspecified atom stereocenters. The third-order valence-corrected chi connectivity index (χ3v) is 9.98. The standard InChI is InChI=1S/C36H58O13/c1-19-14-15-28(39)47-23(5)26(18-45-34-32(44-9)31(43-8)29(40)24(6)48-34)12-10-11-13-27(38)20(2)16-21(3)30(19)49-35-33(41)36(42,25(7)37)17-22(4)46-35/h10-15,19-26,29-35,37,40-42H,16-18H2,1-9H3/t19-,20+,21-,22?,23+,24+,25-,26?,29+,30+,31+,32+,33-,34+,35?,36-/m0/s1. The molecule has 13 heteroatoms. The minimum atomic E-state index is -1.84. The summed E-state index contributed by atoms with van der Waals surface area (Å²) < 4.78 is 41.0. The van der Waals surface area contributed by atoms with E-state index in [1.54, 1.807) is 45.1 Å². The number of methoxy groups -OCH3 is 2. The first-order chi connectivity index (χ1) is 23.0. The van der Waals surface area contributed by atoms with Gasteiger partial charge in [-0.05, 0) is 46.1 Å². The van der Waals surface area contributed by atoms with Crippen LogP contribution in [-0.4, -0.2) is 126 Å². The third-order valence-electron chi connectivity index (χ3n) is 9.98. The molecule has 280 valence electrons. The lowest BCUT2D eigenvalue weighted by Gasteiger charge is -2.47. The molecule has 0 saturated carbocycles. The number of carbonyl (C=O) groups is 2. The van der Waals surface area contributed by atoms with E-state index in [0.29, 0.717) is 6.42 Å². The molecule has 0 aromatic heterocycles. The van der Waals surface area contributed by atoms with Gasteiger partial charge >= 0.3 is 5.97 Å². The molecule has 3 heterocycles. The molecule has 2 fully saturated rings. The lowest BCUT2D eigenvalue weighted by molar-refractivity contribution is -0.322. The van der Waals surface area contributed by atoms with Crippen molar-refractivity contribution >= 4 is 11.8 Å². The van der Waals surface area contributed by atoms with Gasteiger partial charge in [-0.1, -0.05) is 45.1 Å². The summed E-state index contributed by atoms with van der Waals surface area (Å²) in [6.45, 7) is 12.2. The Hall–Kier alpha value is -2.04. The summed E-state index contributed by atoms with van der Waals surface area (Å²) in [5, 5.41) is 42.9. The summed E-state index contributed by atoms with van der Waals surface area (Å²) >= 11 is 0. The number of aliphatic hydroxyl groups excluding tert-OH is 3. The molecule has 2 saturated heterocycles. The molecule has 3 aliphatic heterocycles. The first-order valence-corrected chi connectivity index (χ1v) is 17.2. The van der Waals surface area contributed by atoms with E-state index in [4.69, 9.17) is 33.2 Å². The van der Waals surface area contributed by atoms with Crippen LogP contribution in [0.15, 0.2) is 36.5 Å². The van der Waals surface area contributed by atoms with E-state index in [-0.39, 0.29) is 30.6 Å². The summed E-state index contributed by atoms with van der Waals surface area (Å²) in [7, 11) is 2.95. The molecule has 16 atom stereocenters. The summed E-state index contributed by atoms with van der Waals surface area (Å²) in [4.78, 5) is 26.2. The van der Waals surface area contributed by atoms with Crippen molar-refractivity contribution in [2.75, 3.05) is 20.8 Å². The van der Waals surface area contributed by atoms with Crippen molar-refractivity contribution < 1.29 is 63.2 Å². The quantitative estimate of drug-likeness (QED) is 0.272. The number of ether oxygens (including phenoxy) is 7. The van der Waals surface area contributed by atoms with E-state index in [1.165, 1.54) is 33.3 Å². The predicted molar refractivity (Wildman–Crippen MR) is 178 cm³/mol. The summed E-state index contributed by atoms with van der Waals surface area (Å²) in [6, 6.07) is 0. The van der Waals surface area contributed by atoms with Crippen molar-refractivity contribution in [3.8, 4) is 0 Å². The highest BCUT2D eigenvalue weighted by Crippen LogP contribution is 2.36. The fraction of sp³-hybridized carbons (Fsp3) is 0.778. The minimum Gasteiger partial charge on any atom is -0.459 e. The second kappa shape index (κ2) is 18.5. The van der Waals surface area contributed by atoms with Crippen LogP contribution in [0.4, 0.5) is 0 Å². The lowest BCUT2D eigenvalue weighted by atomic mass is 9.82. The Balaban J connectivity index is 1.83. The molecule has 0 spiro atoms. The van der Waals surface area contributed by atoms with Crippen LogP contribution < -0.4 is 0 Å². The van der Waals surface area contributed by atoms with E-state index < -0.39 is 90.9 Å². The van der Waals surface area contributed by atoms with E-state index in [0.717, 1.165) is 0 Å². The molecule has 49 heavy (non-hydrogen) atoms. The van der Waals surface area contributed by atoms with Crippen LogP contribution in [0, 0.1) is 23.7 Å². The molecule has 0 aromatic carbocycles. The zero-order valence-corrected chi connectivity index (χ0v) is 30.2. The summed E-state index contributed by atoms with van der Waals surface area (Å²) in [5.74, 6) is -2.21. The molecule has 0 aliphatic carbocycles. The maximum atomic E-state index is 13.1. The van der Waals surface area contributed by atoms with Gasteiger partial charge in [-0.2, -0.15) is 0 Å². The van der Waals surface area contributed by atoms with Crippen molar-refractivity contribution in [1.29, 1.82) is 0 Å². The molecule has 13 nitrogen and oxygen atoms in total. The molecule has 0 amide bonds. The van der Waals surface area contributed by atoms with Crippen molar-refractivity contribution in [3.05, 3.63) is 36.5 Å². The fourth-order valence-corrected chi connectivity index (χ4v) is 6.80. The third kappa shape index (κ3) is 10.5. The largest absolute Gasteiger partial charge is 0.459 e. The van der Waals surface area contributed by atoms with Crippen LogP contribution in [-0.2, 0) is 42.7 Å². The van der Waals surface area contributed by atoms with Crippen LogP contribution in [0.3, 0.4) is 0 Å². The van der Waals surface area contributed by atoms with Crippen LogP contribution in [0.1, 0.15) is 61.3 Å². The minimum absolute atomic E-state index is 0.0142. The average Bonchev–Trinajstić information content (AvgIpc) is 3.04. The first-order valence-electron chi connectivity index (χ1n) is 17.2. The number of hydrogen-bond donors (Lipinski definition) is 4. The number of cyclic esters (lactones) is 1. The van der Waals surface area contributed by atoms with Gasteiger partial charge < -0.3 is 53.6 Å². The van der Waals surface area contributed by atoms with Crippen molar-refractivity contribution in [2.45, 2.75) is 134 Å². The van der Waals surface area contributed by atoms with Crippen molar-refractivity contribution in [1.82, 2.24) is 0 Å². The molecule has 3 rings (SSSR count). The lowest BCUT2D eigenvalue weighted by Crippen LogP contribution is -2.63. The van der Waals surface area contributed by atoms with Crippen molar-refractivity contribution in [3.63, 3.8) is 0 Å². The summed E-state index contributed by atoms with van der Waals surface area (Å²) in [5.41, 5.74) is -1.84. The Morgan fingerprint density at radius 1 is 0.898 bits per heavy atom. The van der Waals surface area contributed by atoms with Crippen molar-refractivity contribution in [2.24, 2.45) is 23.7 Å². The van der Waals surface area contributed by atoms with Gasteiger partial charge in [0.25, 0.3) is 0 Å². The van der Waals surface area contributed by atoms with E-state index in [1.807, 2.05) is 20.8 Å². The van der Waals surface area contributed by atoms with Crippen LogP contribution in [0.5, 0.6) is 0 Å². The topological polar surface area (TPSA) is 180 Å². The van der Waals surface area contributed by atoms with Gasteiger partial charge in [-0.3, -0.25) is 4.79 Å². The van der Waals surface area contributed by atoms with E-state index in [2.05, 4.69) is 0 Å². The van der Waals surface area contributed by atoms with Gasteiger partial charge in [0.1, 0.15) is 36.1 Å². The normalized spacial score (nSPS) is 43.7. The fourth-order valence-electron chi connectivity index (χ4n) is 6.80. The zero-order chi connectivity index (χ0) is 36.6. The monoisotopic (exact) mass is 698 g/mol. The Morgan fingerprint density at radius 2 is 1.57 bits per heavy atom. The Bertz CT molecular complexity index is 1160. The van der Waals surface area contributed by atoms with Gasteiger partial charge in [0.15, 0.2) is 18.4 Å². The number of ketones is 1. The van der Waals surface area contributed by atoms with Gasteiger partial charge in [0.2, 0.25) is 0 Å². The van der Waals surface area contributed by atoms with Gasteiger partial charge in [-0.25, -0.2) is 4.79 Å². The van der Waals surface area contributed by atoms with Crippen LogP contribution in [0.2, 0.25) is 0 Å². The Labute approximate surface area is 290 Å². The maximum absolute atomic E-state index is 13.1. The molecule has 0 radical (unpaired) electrons. The van der Waals surface area contributed by atoms with Gasteiger partial charge in [-0.15, -0.1) is 0 Å². The molecular weight excluding hydrogens is 640 g/mol. The maximum Gasteiger partial charge on any atom is 0.330 e. The molecular formula is C36H58O13. The van der Waals surface area contributed by atoms with Gasteiger partial charge in [0, 0.05) is 44.5 Å². The van der Waals surface area contributed by atoms with Gasteiger partial charge in [0.05, 0.1) is 31.0 Å². The highest BCUT2D eigenvalue weighted by Gasteiger charge is 2.52. The number of esters is 1. The average molecular weight is 699 g/mol. The Morgan fingerprint density at radius 3 is 2.20 bits per heavy atom. The zero-order valence-electron chi connectivity index (χ0n) is 30.2. The molecule has 0 aromatic rings. The first kappa shape index (κ1) is 41.4. The molecule has 0 bridgehead atoms. The number of hydrogen-bond acceptors (Lipinski definition) is 13. The second-order valence-electron chi connectivity index (χ2n) is 14.0. The van der Waals surface area contributed by atoms with E-state index in [9.17, 15) is 30.0 Å². The number of allylic oxidation sites excluding steroid dienone is 3. The van der Waals surface area contributed by atoms with Crippen LogP contribution >= 0.6 is 0 Å². The number of rotatable bonds is 8. The Kier molecular flexibility index (Phi) is 15.6. The highest BCUT2D eigenvalue weighted by molar-refractivity contribution is 5.91. The van der Waals surface area contributed by atoms with E-state index >= 15 is 0 Å². The summed E-state index contributed by atoms with van der Waals surface area (Å²) in [6.07, 6.45) is 0.362. The SMILES string of the molecule is CO[C@@H]1[C@H](O)[C@@H](C)O[C@@H](OCC2C=CC=CC(=O)[C@H](C)C[C@H](C)[C@H](OC3OC(C)C[C@](O)([C@H](C)O)[C@H]3O)[C@@H](C)C=CC(=O)O[C@@H]2C)[C@@H]1OC. The number of carbonyl (C=O) groups excluding carboxylic acids is 2. The highest BCUT2D eigenvalue weighted by atomic mass is 16.7. The predicted octanol–water partition coefficient (Wildman–Crippen LogP) is 2.23. The molecule has 3 aliphatic rings. The smallest absolute Gasteiger partial charge is 0.330 e. The second-order valence-corrected chi connectivity index (χ2v) is 14.0. The number of aliphatic hydroxyl groups is 4. The van der Waals surface area contributed by atoms with Crippen LogP contribution in [0.25, 0.3) is 0 Å².